The first kappa shape index (κ1) is 15.0. The average molecular weight is 276 g/mol. The minimum Gasteiger partial charge on any atom is -0.491 e. The number of ether oxygens (including phenoxy) is 1. The van der Waals surface area contributed by atoms with Gasteiger partial charge in [0.25, 0.3) is 0 Å². The van der Waals surface area contributed by atoms with E-state index in [-0.39, 0.29) is 6.10 Å². The highest BCUT2D eigenvalue weighted by atomic mass is 16.5. The maximum Gasteiger partial charge on any atom is 0.123 e. The highest BCUT2D eigenvalue weighted by molar-refractivity contribution is 5.61. The molecule has 112 valence electrons. The number of rotatable bonds is 5. The fourth-order valence-corrected chi connectivity index (χ4v) is 3.09. The highest BCUT2D eigenvalue weighted by Crippen LogP contribution is 2.32. The smallest absolute Gasteiger partial charge is 0.123 e. The van der Waals surface area contributed by atoms with E-state index in [0.29, 0.717) is 6.04 Å². The predicted molar refractivity (Wildman–Crippen MR) is 86.5 cm³/mol. The van der Waals surface area contributed by atoms with Crippen LogP contribution in [0.4, 0.5) is 11.4 Å². The SMILES string of the molecule is CCCC1CCCCN1c1cc(N)cc(OC(C)C)c1. The molecule has 0 aliphatic carbocycles. The maximum absolute atomic E-state index is 6.05. The van der Waals surface area contributed by atoms with Crippen LogP contribution >= 0.6 is 0 Å². The summed E-state index contributed by atoms with van der Waals surface area (Å²) in [5, 5.41) is 0. The van der Waals surface area contributed by atoms with Gasteiger partial charge in [-0.1, -0.05) is 13.3 Å². The van der Waals surface area contributed by atoms with Gasteiger partial charge in [0.05, 0.1) is 6.10 Å². The van der Waals surface area contributed by atoms with E-state index in [1.807, 2.05) is 19.9 Å². The van der Waals surface area contributed by atoms with E-state index < -0.39 is 0 Å². The molecular formula is C17H28N2O. The first-order chi connectivity index (χ1) is 9.60. The van der Waals surface area contributed by atoms with E-state index in [0.717, 1.165) is 18.0 Å². The first-order valence-electron chi connectivity index (χ1n) is 7.94. The summed E-state index contributed by atoms with van der Waals surface area (Å²) < 4.78 is 5.82. The van der Waals surface area contributed by atoms with Crippen molar-refractivity contribution >= 4 is 11.4 Å². The van der Waals surface area contributed by atoms with Gasteiger partial charge in [-0.3, -0.25) is 0 Å². The molecule has 1 saturated heterocycles. The Morgan fingerprint density at radius 2 is 2.10 bits per heavy atom. The molecule has 1 fully saturated rings. The summed E-state index contributed by atoms with van der Waals surface area (Å²) >= 11 is 0. The molecule has 3 heteroatoms. The highest BCUT2D eigenvalue weighted by Gasteiger charge is 2.22. The molecule has 0 saturated carbocycles. The number of nitrogens with two attached hydrogens (primary N) is 1. The van der Waals surface area contributed by atoms with Gasteiger partial charge >= 0.3 is 0 Å². The Hall–Kier alpha value is -1.38. The summed E-state index contributed by atoms with van der Waals surface area (Å²) in [5.74, 6) is 0.885. The van der Waals surface area contributed by atoms with Gasteiger partial charge in [0, 0.05) is 36.1 Å². The van der Waals surface area contributed by atoms with Crippen LogP contribution in [0.25, 0.3) is 0 Å². The second-order valence-electron chi connectivity index (χ2n) is 6.06. The second-order valence-corrected chi connectivity index (χ2v) is 6.06. The molecule has 0 bridgehead atoms. The van der Waals surface area contributed by atoms with Crippen LogP contribution in [0, 0.1) is 0 Å². The molecule has 1 aromatic carbocycles. The molecule has 20 heavy (non-hydrogen) atoms. The zero-order valence-corrected chi connectivity index (χ0v) is 13.1. The Morgan fingerprint density at radius 1 is 1.30 bits per heavy atom. The summed E-state index contributed by atoms with van der Waals surface area (Å²) in [4.78, 5) is 2.52. The average Bonchev–Trinajstić information content (AvgIpc) is 2.38. The molecule has 1 aromatic rings. The second kappa shape index (κ2) is 6.87. The molecule has 2 N–H and O–H groups in total. The van der Waals surface area contributed by atoms with Crippen molar-refractivity contribution in [3.8, 4) is 5.75 Å². The van der Waals surface area contributed by atoms with Gasteiger partial charge in [0.1, 0.15) is 5.75 Å². The lowest BCUT2D eigenvalue weighted by Crippen LogP contribution is -2.39. The Bertz CT molecular complexity index is 429. The third-order valence-corrected chi connectivity index (χ3v) is 3.87. The zero-order valence-electron chi connectivity index (χ0n) is 13.1. The van der Waals surface area contributed by atoms with Gasteiger partial charge in [-0.25, -0.2) is 0 Å². The quantitative estimate of drug-likeness (QED) is 0.818. The summed E-state index contributed by atoms with van der Waals surface area (Å²) in [6.45, 7) is 7.49. The fraction of sp³-hybridized carbons (Fsp3) is 0.647. The van der Waals surface area contributed by atoms with Crippen LogP contribution in [0.1, 0.15) is 52.9 Å². The van der Waals surface area contributed by atoms with Crippen molar-refractivity contribution in [2.75, 3.05) is 17.2 Å². The maximum atomic E-state index is 6.05. The molecule has 1 unspecified atom stereocenters. The van der Waals surface area contributed by atoms with Gasteiger partial charge in [0.15, 0.2) is 0 Å². The van der Waals surface area contributed by atoms with Crippen molar-refractivity contribution in [1.29, 1.82) is 0 Å². The number of hydrogen-bond acceptors (Lipinski definition) is 3. The number of benzene rings is 1. The Balaban J connectivity index is 2.22. The van der Waals surface area contributed by atoms with Crippen LogP contribution in [0.2, 0.25) is 0 Å². The lowest BCUT2D eigenvalue weighted by Gasteiger charge is -2.38. The Labute approximate surface area is 123 Å². The third kappa shape index (κ3) is 3.81. The number of piperidine rings is 1. The predicted octanol–water partition coefficient (Wildman–Crippen LogP) is 4.22. The van der Waals surface area contributed by atoms with Crippen molar-refractivity contribution in [3.63, 3.8) is 0 Å². The van der Waals surface area contributed by atoms with Crippen LogP contribution in [0.3, 0.4) is 0 Å². The molecule has 2 rings (SSSR count). The Kier molecular flexibility index (Phi) is 5.16. The van der Waals surface area contributed by atoms with Crippen LogP contribution < -0.4 is 15.4 Å². The lowest BCUT2D eigenvalue weighted by molar-refractivity contribution is 0.242. The lowest BCUT2D eigenvalue weighted by atomic mass is 9.97. The first-order valence-corrected chi connectivity index (χ1v) is 7.94. The van der Waals surface area contributed by atoms with Crippen LogP contribution in [0.5, 0.6) is 5.75 Å². The molecular weight excluding hydrogens is 248 g/mol. The van der Waals surface area contributed by atoms with E-state index in [1.165, 1.54) is 37.8 Å². The molecule has 1 heterocycles. The molecule has 0 radical (unpaired) electrons. The molecule has 1 aliphatic heterocycles. The van der Waals surface area contributed by atoms with E-state index in [2.05, 4.69) is 24.0 Å². The molecule has 0 aromatic heterocycles. The molecule has 1 aliphatic rings. The van der Waals surface area contributed by atoms with Gasteiger partial charge in [-0.05, 0) is 45.6 Å². The summed E-state index contributed by atoms with van der Waals surface area (Å²) in [6, 6.07) is 6.80. The molecule has 0 spiro atoms. The van der Waals surface area contributed by atoms with Crippen molar-refractivity contribution < 1.29 is 4.74 Å². The van der Waals surface area contributed by atoms with Crippen molar-refractivity contribution in [3.05, 3.63) is 18.2 Å². The van der Waals surface area contributed by atoms with E-state index in [9.17, 15) is 0 Å². The van der Waals surface area contributed by atoms with Gasteiger partial charge in [0.2, 0.25) is 0 Å². The molecule has 1 atom stereocenters. The number of nitrogen functional groups attached to an aromatic ring is 1. The Morgan fingerprint density at radius 3 is 2.80 bits per heavy atom. The summed E-state index contributed by atoms with van der Waals surface area (Å²) in [7, 11) is 0. The number of anilines is 2. The number of nitrogens with zero attached hydrogens (tertiary/aromatic N) is 1. The third-order valence-electron chi connectivity index (χ3n) is 3.87. The fourth-order valence-electron chi connectivity index (χ4n) is 3.09. The van der Waals surface area contributed by atoms with Gasteiger partial charge in [-0.2, -0.15) is 0 Å². The molecule has 3 nitrogen and oxygen atoms in total. The normalized spacial score (nSPS) is 19.4. The van der Waals surface area contributed by atoms with Crippen LogP contribution in [-0.4, -0.2) is 18.7 Å². The topological polar surface area (TPSA) is 38.5 Å². The van der Waals surface area contributed by atoms with E-state index in [1.54, 1.807) is 0 Å². The van der Waals surface area contributed by atoms with Crippen molar-refractivity contribution in [1.82, 2.24) is 0 Å². The summed E-state index contributed by atoms with van der Waals surface area (Å²) in [6.07, 6.45) is 6.59. The molecule has 0 amide bonds. The van der Waals surface area contributed by atoms with Crippen LogP contribution in [0.15, 0.2) is 18.2 Å². The number of hydrogen-bond donors (Lipinski definition) is 1. The van der Waals surface area contributed by atoms with Crippen molar-refractivity contribution in [2.45, 2.75) is 65.0 Å². The van der Waals surface area contributed by atoms with Gasteiger partial charge < -0.3 is 15.4 Å². The minimum absolute atomic E-state index is 0.178. The van der Waals surface area contributed by atoms with E-state index in [4.69, 9.17) is 10.5 Å². The summed E-state index contributed by atoms with van der Waals surface area (Å²) in [5.41, 5.74) is 8.07. The van der Waals surface area contributed by atoms with Crippen LogP contribution in [-0.2, 0) is 0 Å². The standard InChI is InChI=1S/C17H28N2O/c1-4-7-15-8-5-6-9-19(15)16-10-14(18)11-17(12-16)20-13(2)3/h10-13,15H,4-9,18H2,1-3H3. The largest absolute Gasteiger partial charge is 0.491 e. The van der Waals surface area contributed by atoms with Crippen molar-refractivity contribution in [2.24, 2.45) is 0 Å². The zero-order chi connectivity index (χ0) is 14.5. The van der Waals surface area contributed by atoms with E-state index >= 15 is 0 Å². The minimum atomic E-state index is 0.178. The van der Waals surface area contributed by atoms with Gasteiger partial charge in [-0.15, -0.1) is 0 Å². The monoisotopic (exact) mass is 276 g/mol.